The second kappa shape index (κ2) is 3.33. The summed E-state index contributed by atoms with van der Waals surface area (Å²) in [6.07, 6.45) is 5.83. The van der Waals surface area contributed by atoms with E-state index >= 15 is 0 Å². The van der Waals surface area contributed by atoms with Crippen molar-refractivity contribution in [2.24, 2.45) is 0 Å². The van der Waals surface area contributed by atoms with Crippen LogP contribution in [-0.2, 0) is 0 Å². The zero-order chi connectivity index (χ0) is 8.27. The van der Waals surface area contributed by atoms with Gasteiger partial charge >= 0.3 is 0 Å². The van der Waals surface area contributed by atoms with Crippen LogP contribution in [-0.4, -0.2) is 4.98 Å². The van der Waals surface area contributed by atoms with E-state index in [-0.39, 0.29) is 0 Å². The Morgan fingerprint density at radius 1 is 1.55 bits per heavy atom. The number of allylic oxidation sites excluding steroid dienone is 2. The van der Waals surface area contributed by atoms with Crippen molar-refractivity contribution >= 4 is 5.57 Å². The predicted molar refractivity (Wildman–Crippen MR) is 48.3 cm³/mol. The van der Waals surface area contributed by atoms with Crippen molar-refractivity contribution in [2.75, 3.05) is 0 Å². The number of pyridine rings is 1. The number of hydrogen-bond donors (Lipinski definition) is 0. The molecule has 0 aliphatic heterocycles. The van der Waals surface area contributed by atoms with E-state index in [1.54, 1.807) is 0 Å². The normalized spacial score (nSPS) is 11.7. The number of nitrogens with zero attached hydrogens (tertiary/aromatic N) is 1. The molecule has 0 aliphatic rings. The van der Waals surface area contributed by atoms with Gasteiger partial charge in [0.1, 0.15) is 0 Å². The largest absolute Gasteiger partial charge is 0.264 e. The zero-order valence-corrected chi connectivity index (χ0v) is 7.26. The van der Waals surface area contributed by atoms with E-state index < -0.39 is 0 Å². The van der Waals surface area contributed by atoms with Crippen molar-refractivity contribution in [3.05, 3.63) is 35.7 Å². The summed E-state index contributed by atoms with van der Waals surface area (Å²) >= 11 is 0. The van der Waals surface area contributed by atoms with Crippen LogP contribution in [0.1, 0.15) is 25.0 Å². The van der Waals surface area contributed by atoms with Gasteiger partial charge in [-0.15, -0.1) is 0 Å². The van der Waals surface area contributed by atoms with Crippen LogP contribution in [0, 0.1) is 6.92 Å². The topological polar surface area (TPSA) is 12.9 Å². The molecule has 0 radical (unpaired) electrons. The minimum absolute atomic E-state index is 1.24. The SMILES string of the molecule is C/C=C(/C)c1ccncc1C. The minimum atomic E-state index is 1.24. The van der Waals surface area contributed by atoms with Crippen molar-refractivity contribution in [3.8, 4) is 0 Å². The lowest BCUT2D eigenvalue weighted by molar-refractivity contribution is 1.25. The molecule has 1 rings (SSSR count). The molecule has 1 aromatic rings. The van der Waals surface area contributed by atoms with Crippen molar-refractivity contribution in [1.29, 1.82) is 0 Å². The van der Waals surface area contributed by atoms with Crippen molar-refractivity contribution < 1.29 is 0 Å². The molecule has 0 aliphatic carbocycles. The predicted octanol–water partition coefficient (Wildman–Crippen LogP) is 2.81. The molecule has 1 heteroatoms. The Labute approximate surface area is 67.8 Å². The van der Waals surface area contributed by atoms with Crippen LogP contribution < -0.4 is 0 Å². The first-order valence-electron chi connectivity index (χ1n) is 3.79. The molecule has 1 nitrogen and oxygen atoms in total. The molecule has 0 amide bonds. The lowest BCUT2D eigenvalue weighted by Gasteiger charge is -2.03. The lowest BCUT2D eigenvalue weighted by Crippen LogP contribution is -1.85. The third kappa shape index (κ3) is 1.67. The van der Waals surface area contributed by atoms with Crippen molar-refractivity contribution in [2.45, 2.75) is 20.8 Å². The average molecular weight is 147 g/mol. The van der Waals surface area contributed by atoms with Crippen LogP contribution in [0.25, 0.3) is 5.57 Å². The van der Waals surface area contributed by atoms with E-state index in [2.05, 4.69) is 31.8 Å². The standard InChI is InChI=1S/C10H13N/c1-4-8(2)10-5-6-11-7-9(10)3/h4-7H,1-3H3/b8-4-. The quantitative estimate of drug-likeness (QED) is 0.595. The van der Waals surface area contributed by atoms with Crippen LogP contribution in [0.3, 0.4) is 0 Å². The summed E-state index contributed by atoms with van der Waals surface area (Å²) in [4.78, 5) is 4.03. The first kappa shape index (κ1) is 7.99. The molecule has 0 atom stereocenters. The van der Waals surface area contributed by atoms with Gasteiger partial charge in [0.15, 0.2) is 0 Å². The molecule has 0 saturated heterocycles. The van der Waals surface area contributed by atoms with E-state index in [1.165, 1.54) is 16.7 Å². The first-order chi connectivity index (χ1) is 5.25. The van der Waals surface area contributed by atoms with E-state index in [1.807, 2.05) is 18.5 Å². The highest BCUT2D eigenvalue weighted by Crippen LogP contribution is 2.15. The Morgan fingerprint density at radius 2 is 2.27 bits per heavy atom. The number of aryl methyl sites for hydroxylation is 1. The van der Waals surface area contributed by atoms with Crippen LogP contribution in [0.4, 0.5) is 0 Å². The van der Waals surface area contributed by atoms with Crippen LogP contribution in [0.15, 0.2) is 24.5 Å². The molecule has 0 fully saturated rings. The summed E-state index contributed by atoms with van der Waals surface area (Å²) in [5, 5.41) is 0. The van der Waals surface area contributed by atoms with Crippen molar-refractivity contribution in [1.82, 2.24) is 4.98 Å². The molecule has 0 N–H and O–H groups in total. The van der Waals surface area contributed by atoms with Crippen LogP contribution >= 0.6 is 0 Å². The average Bonchev–Trinajstić information content (AvgIpc) is 2.04. The van der Waals surface area contributed by atoms with E-state index in [4.69, 9.17) is 0 Å². The van der Waals surface area contributed by atoms with Crippen molar-refractivity contribution in [3.63, 3.8) is 0 Å². The maximum atomic E-state index is 4.03. The third-order valence-corrected chi connectivity index (χ3v) is 1.88. The van der Waals surface area contributed by atoms with Crippen LogP contribution in [0.2, 0.25) is 0 Å². The van der Waals surface area contributed by atoms with Gasteiger partial charge in [0.05, 0.1) is 0 Å². The fourth-order valence-corrected chi connectivity index (χ4v) is 1.07. The van der Waals surface area contributed by atoms with Gasteiger partial charge in [0, 0.05) is 12.4 Å². The van der Waals surface area contributed by atoms with Gasteiger partial charge in [-0.1, -0.05) is 6.08 Å². The molecule has 0 unspecified atom stereocenters. The van der Waals surface area contributed by atoms with E-state index in [9.17, 15) is 0 Å². The molecule has 1 aromatic heterocycles. The van der Waals surface area contributed by atoms with Gasteiger partial charge in [-0.2, -0.15) is 0 Å². The molecule has 11 heavy (non-hydrogen) atoms. The second-order valence-electron chi connectivity index (χ2n) is 2.66. The fraction of sp³-hybridized carbons (Fsp3) is 0.300. The van der Waals surface area contributed by atoms with Crippen LogP contribution in [0.5, 0.6) is 0 Å². The Morgan fingerprint density at radius 3 is 2.82 bits per heavy atom. The molecule has 0 saturated carbocycles. The molecule has 58 valence electrons. The first-order valence-corrected chi connectivity index (χ1v) is 3.79. The van der Waals surface area contributed by atoms with E-state index in [0.717, 1.165) is 0 Å². The Hall–Kier alpha value is -1.11. The smallest absolute Gasteiger partial charge is 0.0303 e. The maximum absolute atomic E-state index is 4.03. The Balaban J connectivity index is 3.14. The van der Waals surface area contributed by atoms with Gasteiger partial charge < -0.3 is 0 Å². The lowest BCUT2D eigenvalue weighted by atomic mass is 10.0. The monoisotopic (exact) mass is 147 g/mol. The molecular formula is C10H13N. The Kier molecular flexibility index (Phi) is 2.42. The summed E-state index contributed by atoms with van der Waals surface area (Å²) < 4.78 is 0. The summed E-state index contributed by atoms with van der Waals surface area (Å²) in [5.74, 6) is 0. The second-order valence-corrected chi connectivity index (χ2v) is 2.66. The number of hydrogen-bond acceptors (Lipinski definition) is 1. The van der Waals surface area contributed by atoms with E-state index in [0.29, 0.717) is 0 Å². The third-order valence-electron chi connectivity index (χ3n) is 1.88. The number of rotatable bonds is 1. The van der Waals surface area contributed by atoms with Gasteiger partial charge in [-0.25, -0.2) is 0 Å². The molecule has 0 spiro atoms. The Bertz CT molecular complexity index is 274. The summed E-state index contributed by atoms with van der Waals surface area (Å²) in [5.41, 5.74) is 3.84. The zero-order valence-electron chi connectivity index (χ0n) is 7.26. The molecule has 0 aromatic carbocycles. The maximum Gasteiger partial charge on any atom is 0.0303 e. The molecule has 0 bridgehead atoms. The van der Waals surface area contributed by atoms with Gasteiger partial charge in [-0.05, 0) is 43.5 Å². The van der Waals surface area contributed by atoms with Gasteiger partial charge in [0.2, 0.25) is 0 Å². The summed E-state index contributed by atoms with van der Waals surface area (Å²) in [6, 6.07) is 2.05. The number of aromatic nitrogens is 1. The fourth-order valence-electron chi connectivity index (χ4n) is 1.07. The highest BCUT2D eigenvalue weighted by molar-refractivity contribution is 5.65. The summed E-state index contributed by atoms with van der Waals surface area (Å²) in [7, 11) is 0. The summed E-state index contributed by atoms with van der Waals surface area (Å²) in [6.45, 7) is 6.24. The van der Waals surface area contributed by atoms with Gasteiger partial charge in [0.25, 0.3) is 0 Å². The highest BCUT2D eigenvalue weighted by atomic mass is 14.6. The van der Waals surface area contributed by atoms with Gasteiger partial charge in [-0.3, -0.25) is 4.98 Å². The highest BCUT2D eigenvalue weighted by Gasteiger charge is 1.96. The molecule has 1 heterocycles. The minimum Gasteiger partial charge on any atom is -0.264 e. The molecular weight excluding hydrogens is 134 g/mol.